The molecule has 18 heavy (non-hydrogen) atoms. The van der Waals surface area contributed by atoms with E-state index in [2.05, 4.69) is 10.3 Å². The summed E-state index contributed by atoms with van der Waals surface area (Å²) in [6.45, 7) is 1.52. The van der Waals surface area contributed by atoms with Gasteiger partial charge in [0.1, 0.15) is 0 Å². The minimum absolute atomic E-state index is 0.563. The number of hydrogen-bond acceptors (Lipinski definition) is 2. The molecule has 0 fully saturated rings. The molecular weight excluding hydrogens is 231 g/mol. The van der Waals surface area contributed by atoms with Crippen LogP contribution in [0.3, 0.4) is 0 Å². The lowest BCUT2D eigenvalue weighted by Gasteiger charge is -2.05. The van der Waals surface area contributed by atoms with E-state index in [4.69, 9.17) is 0 Å². The van der Waals surface area contributed by atoms with Gasteiger partial charge in [0, 0.05) is 37.5 Å². The molecule has 0 bridgehead atoms. The molecule has 2 aromatic rings. The number of hydrogen-bond donors (Lipinski definition) is 2. The van der Waals surface area contributed by atoms with Gasteiger partial charge in [-0.1, -0.05) is 30.3 Å². The van der Waals surface area contributed by atoms with Crippen molar-refractivity contribution in [3.8, 4) is 0 Å². The fourth-order valence-electron chi connectivity index (χ4n) is 1.69. The van der Waals surface area contributed by atoms with E-state index in [1.165, 1.54) is 11.6 Å². The highest BCUT2D eigenvalue weighted by atomic mass is 19.1. The molecule has 0 spiro atoms. The molecule has 94 valence electrons. The Hall–Kier alpha value is -1.94. The normalized spacial score (nSPS) is 10.5. The van der Waals surface area contributed by atoms with Gasteiger partial charge in [0.05, 0.1) is 0 Å². The smallest absolute Gasteiger partial charge is 0.217 e. The zero-order valence-corrected chi connectivity index (χ0v) is 9.95. The minimum Gasteiger partial charge on any atom is -0.362 e. The first-order valence-electron chi connectivity index (χ1n) is 5.87. The lowest BCUT2D eigenvalue weighted by molar-refractivity contribution is 0.606. The van der Waals surface area contributed by atoms with Gasteiger partial charge in [-0.3, -0.25) is 4.79 Å². The standard InChI is InChI=1S/C14H15FN2O/c15-13-10-17-12(8-14(13)18)6-7-16-9-11-4-2-1-3-5-11/h1-5,8,10,16H,6-7,9H2,(H,17,18). The number of rotatable bonds is 5. The average Bonchev–Trinajstić information content (AvgIpc) is 2.40. The predicted molar refractivity (Wildman–Crippen MR) is 68.9 cm³/mol. The average molecular weight is 246 g/mol. The van der Waals surface area contributed by atoms with Crippen molar-refractivity contribution in [2.45, 2.75) is 13.0 Å². The van der Waals surface area contributed by atoms with Crippen molar-refractivity contribution in [2.24, 2.45) is 0 Å². The monoisotopic (exact) mass is 246 g/mol. The molecule has 0 unspecified atom stereocenters. The molecule has 0 amide bonds. The Bertz CT molecular complexity index is 551. The maximum atomic E-state index is 12.7. The summed E-state index contributed by atoms with van der Waals surface area (Å²) in [6, 6.07) is 11.4. The summed E-state index contributed by atoms with van der Waals surface area (Å²) in [5.41, 5.74) is 1.39. The van der Waals surface area contributed by atoms with Crippen LogP contribution in [0, 0.1) is 5.82 Å². The highest BCUT2D eigenvalue weighted by Crippen LogP contribution is 1.97. The van der Waals surface area contributed by atoms with Crippen LogP contribution >= 0.6 is 0 Å². The zero-order valence-electron chi connectivity index (χ0n) is 9.95. The largest absolute Gasteiger partial charge is 0.362 e. The Morgan fingerprint density at radius 2 is 2.00 bits per heavy atom. The van der Waals surface area contributed by atoms with Crippen molar-refractivity contribution in [1.82, 2.24) is 10.3 Å². The van der Waals surface area contributed by atoms with E-state index >= 15 is 0 Å². The van der Waals surface area contributed by atoms with Gasteiger partial charge >= 0.3 is 0 Å². The second kappa shape index (κ2) is 6.12. The van der Waals surface area contributed by atoms with E-state index in [0.717, 1.165) is 25.0 Å². The molecule has 4 heteroatoms. The summed E-state index contributed by atoms with van der Waals surface area (Å²) in [5, 5.41) is 3.27. The number of halogens is 1. The summed E-state index contributed by atoms with van der Waals surface area (Å²) in [5.74, 6) is -0.740. The number of H-pyrrole nitrogens is 1. The fourth-order valence-corrected chi connectivity index (χ4v) is 1.69. The summed E-state index contributed by atoms with van der Waals surface area (Å²) in [6.07, 6.45) is 1.78. The molecule has 2 N–H and O–H groups in total. The lowest BCUT2D eigenvalue weighted by Crippen LogP contribution is -2.18. The summed E-state index contributed by atoms with van der Waals surface area (Å²) in [4.78, 5) is 13.8. The van der Waals surface area contributed by atoms with Crippen LogP contribution in [0.1, 0.15) is 11.3 Å². The highest BCUT2D eigenvalue weighted by Gasteiger charge is 1.99. The summed E-state index contributed by atoms with van der Waals surface area (Å²) >= 11 is 0. The Morgan fingerprint density at radius 1 is 1.22 bits per heavy atom. The predicted octanol–water partition coefficient (Wildman–Crippen LogP) is 1.85. The van der Waals surface area contributed by atoms with E-state index in [1.807, 2.05) is 30.3 Å². The summed E-state index contributed by atoms with van der Waals surface area (Å²) in [7, 11) is 0. The zero-order chi connectivity index (χ0) is 12.8. The quantitative estimate of drug-likeness (QED) is 0.791. The molecule has 0 aliphatic heterocycles. The van der Waals surface area contributed by atoms with Crippen LogP contribution in [0.4, 0.5) is 4.39 Å². The Morgan fingerprint density at radius 3 is 2.72 bits per heavy atom. The van der Waals surface area contributed by atoms with E-state index in [9.17, 15) is 9.18 Å². The molecule has 0 radical (unpaired) electrons. The fraction of sp³-hybridized carbons (Fsp3) is 0.214. The van der Waals surface area contributed by atoms with Gasteiger partial charge in [-0.25, -0.2) is 4.39 Å². The van der Waals surface area contributed by atoms with Crippen LogP contribution in [0.25, 0.3) is 0 Å². The second-order valence-corrected chi connectivity index (χ2v) is 4.08. The number of aromatic nitrogens is 1. The maximum Gasteiger partial charge on any atom is 0.217 e. The van der Waals surface area contributed by atoms with E-state index < -0.39 is 11.2 Å². The van der Waals surface area contributed by atoms with Gasteiger partial charge in [0.15, 0.2) is 5.82 Å². The molecule has 1 heterocycles. The van der Waals surface area contributed by atoms with Crippen molar-refractivity contribution in [1.29, 1.82) is 0 Å². The third-order valence-corrected chi connectivity index (χ3v) is 2.67. The lowest BCUT2D eigenvalue weighted by atomic mass is 10.2. The second-order valence-electron chi connectivity index (χ2n) is 4.08. The number of aromatic amines is 1. The van der Waals surface area contributed by atoms with Gasteiger partial charge in [-0.05, 0) is 5.56 Å². The highest BCUT2D eigenvalue weighted by molar-refractivity contribution is 5.14. The van der Waals surface area contributed by atoms with Crippen molar-refractivity contribution in [2.75, 3.05) is 6.54 Å². The third kappa shape index (κ3) is 3.53. The number of benzene rings is 1. The third-order valence-electron chi connectivity index (χ3n) is 2.67. The van der Waals surface area contributed by atoms with Crippen LogP contribution in [0.2, 0.25) is 0 Å². The minimum atomic E-state index is -0.740. The topological polar surface area (TPSA) is 44.9 Å². The molecule has 0 saturated carbocycles. The molecule has 0 aliphatic rings. The summed E-state index contributed by atoms with van der Waals surface area (Å²) < 4.78 is 12.7. The van der Waals surface area contributed by atoms with Gasteiger partial charge < -0.3 is 10.3 Å². The molecule has 0 saturated heterocycles. The number of pyridine rings is 1. The first-order valence-corrected chi connectivity index (χ1v) is 5.87. The van der Waals surface area contributed by atoms with E-state index in [0.29, 0.717) is 6.42 Å². The molecule has 1 aromatic carbocycles. The van der Waals surface area contributed by atoms with Gasteiger partial charge in [0.2, 0.25) is 5.43 Å². The van der Waals surface area contributed by atoms with Crippen molar-refractivity contribution in [3.05, 3.63) is 69.9 Å². The number of nitrogens with one attached hydrogen (secondary N) is 2. The first kappa shape index (κ1) is 12.5. The van der Waals surface area contributed by atoms with Crippen LogP contribution in [0.15, 0.2) is 47.4 Å². The van der Waals surface area contributed by atoms with E-state index in [-0.39, 0.29) is 0 Å². The molecule has 0 aliphatic carbocycles. The molecule has 0 atom stereocenters. The Balaban J connectivity index is 1.79. The molecular formula is C14H15FN2O. The van der Waals surface area contributed by atoms with E-state index in [1.54, 1.807) is 0 Å². The molecule has 3 nitrogen and oxygen atoms in total. The van der Waals surface area contributed by atoms with Crippen LogP contribution in [-0.2, 0) is 13.0 Å². The van der Waals surface area contributed by atoms with Gasteiger partial charge in [0.25, 0.3) is 0 Å². The maximum absolute atomic E-state index is 12.7. The van der Waals surface area contributed by atoms with Gasteiger partial charge in [-0.15, -0.1) is 0 Å². The van der Waals surface area contributed by atoms with Crippen molar-refractivity contribution < 1.29 is 4.39 Å². The SMILES string of the molecule is O=c1cc(CCNCc2ccccc2)[nH]cc1F. The van der Waals surface area contributed by atoms with Crippen molar-refractivity contribution >= 4 is 0 Å². The first-order chi connectivity index (χ1) is 8.75. The van der Waals surface area contributed by atoms with Crippen LogP contribution in [-0.4, -0.2) is 11.5 Å². The van der Waals surface area contributed by atoms with Crippen LogP contribution < -0.4 is 10.7 Å². The molecule has 1 aromatic heterocycles. The Labute approximate surface area is 105 Å². The molecule has 2 rings (SSSR count). The van der Waals surface area contributed by atoms with Crippen LogP contribution in [0.5, 0.6) is 0 Å². The van der Waals surface area contributed by atoms with Crippen molar-refractivity contribution in [3.63, 3.8) is 0 Å². The Kier molecular flexibility index (Phi) is 4.25. The van der Waals surface area contributed by atoms with Gasteiger partial charge in [-0.2, -0.15) is 0 Å².